The van der Waals surface area contributed by atoms with Gasteiger partial charge in [-0.2, -0.15) is 0 Å². The molecule has 0 bridgehead atoms. The van der Waals surface area contributed by atoms with Gasteiger partial charge in [0, 0.05) is 0 Å². The van der Waals surface area contributed by atoms with Crippen LogP contribution in [0, 0.1) is 0 Å². The van der Waals surface area contributed by atoms with Gasteiger partial charge in [0.25, 0.3) is 0 Å². The number of hydrogen-bond donors (Lipinski definition) is 0. The Bertz CT molecular complexity index is 166. The molecule has 2 rings (SSSR count). The van der Waals surface area contributed by atoms with Gasteiger partial charge < -0.3 is 0 Å². The number of fused-ring (bicyclic) bond motifs is 1. The Morgan fingerprint density at radius 3 is 2.00 bits per heavy atom. The van der Waals surface area contributed by atoms with E-state index in [1.165, 1.54) is 0 Å². The molecule has 0 atom stereocenters. The third-order valence-electron chi connectivity index (χ3n) is 0.757. The smallest absolute Gasteiger partial charge is 0.117 e. The Morgan fingerprint density at radius 1 is 1.17 bits per heavy atom. The highest BCUT2D eigenvalue weighted by molar-refractivity contribution is 5.69. The highest BCUT2D eigenvalue weighted by Gasteiger charge is 2.14. The maximum Gasteiger partial charge on any atom is 0.117 e. The van der Waals surface area contributed by atoms with Crippen molar-refractivity contribution < 1.29 is 0 Å². The van der Waals surface area contributed by atoms with Crippen LogP contribution in [0.3, 0.4) is 0 Å². The summed E-state index contributed by atoms with van der Waals surface area (Å²) in [5.41, 5.74) is 1.91. The lowest BCUT2D eigenvalue weighted by atomic mass is 10.8. The fraction of sp³-hybridized carbons (Fsp3) is 0. The highest BCUT2D eigenvalue weighted by Crippen LogP contribution is 2.24. The minimum Gasteiger partial charge on any atom is -0.128 e. The molecule has 0 unspecified atom stereocenters. The van der Waals surface area contributed by atoms with Crippen LogP contribution in [-0.2, 0) is 0 Å². The van der Waals surface area contributed by atoms with E-state index in [2.05, 4.69) is 15.4 Å². The molecular formula is C3HN3. The van der Waals surface area contributed by atoms with Crippen molar-refractivity contribution in [1.82, 2.24) is 15.4 Å². The van der Waals surface area contributed by atoms with Crippen molar-refractivity contribution in [3.63, 3.8) is 0 Å². The monoisotopic (exact) mass is 79.0 g/mol. The van der Waals surface area contributed by atoms with E-state index in [0.29, 0.717) is 0 Å². The number of rotatable bonds is 0. The molecule has 3 heteroatoms. The zero-order valence-electron chi connectivity index (χ0n) is 2.92. The van der Waals surface area contributed by atoms with Gasteiger partial charge in [0.1, 0.15) is 11.4 Å². The summed E-state index contributed by atoms with van der Waals surface area (Å²) in [7, 11) is 0. The molecule has 1 heterocycles. The van der Waals surface area contributed by atoms with Crippen molar-refractivity contribution >= 4 is 0 Å². The van der Waals surface area contributed by atoms with Gasteiger partial charge in [0.2, 0.25) is 0 Å². The molecule has 3 nitrogen and oxygen atoms in total. The van der Waals surface area contributed by atoms with Crippen LogP contribution in [0.25, 0.3) is 11.4 Å². The summed E-state index contributed by atoms with van der Waals surface area (Å²) in [6.07, 6.45) is 0. The minimum absolute atomic E-state index is 0.954. The van der Waals surface area contributed by atoms with Gasteiger partial charge in [0.15, 0.2) is 0 Å². The van der Waals surface area contributed by atoms with Crippen LogP contribution in [0.15, 0.2) is 6.07 Å². The van der Waals surface area contributed by atoms with Gasteiger partial charge in [-0.25, -0.2) is 0 Å². The standard InChI is InChI=1S/C3HN3/c1-2-3(1)5-6-4-2/h1H. The minimum atomic E-state index is 0.954. The average molecular weight is 79.1 g/mol. The molecule has 0 saturated heterocycles. The van der Waals surface area contributed by atoms with Gasteiger partial charge in [0.05, 0.1) is 0 Å². The SMILES string of the molecule is c1c2nnnc1-2. The van der Waals surface area contributed by atoms with Crippen molar-refractivity contribution in [2.75, 3.05) is 0 Å². The van der Waals surface area contributed by atoms with E-state index in [9.17, 15) is 0 Å². The Balaban J connectivity index is 2.91. The molecule has 0 radical (unpaired) electrons. The van der Waals surface area contributed by atoms with E-state index >= 15 is 0 Å². The first-order valence-electron chi connectivity index (χ1n) is 1.67. The molecule has 1 aliphatic heterocycles. The van der Waals surface area contributed by atoms with Crippen molar-refractivity contribution in [3.8, 4) is 11.4 Å². The van der Waals surface area contributed by atoms with Crippen molar-refractivity contribution in [2.45, 2.75) is 0 Å². The van der Waals surface area contributed by atoms with E-state index in [0.717, 1.165) is 11.4 Å². The lowest BCUT2D eigenvalue weighted by Gasteiger charge is -1.46. The first-order chi connectivity index (χ1) is 2.97. The van der Waals surface area contributed by atoms with Crippen LogP contribution in [0.5, 0.6) is 0 Å². The van der Waals surface area contributed by atoms with E-state index in [4.69, 9.17) is 0 Å². The number of hydrogen-bond acceptors (Lipinski definition) is 3. The van der Waals surface area contributed by atoms with E-state index in [1.54, 1.807) is 0 Å². The Morgan fingerprint density at radius 2 is 1.83 bits per heavy atom. The van der Waals surface area contributed by atoms with Crippen LogP contribution >= 0.6 is 0 Å². The maximum atomic E-state index is 3.59. The van der Waals surface area contributed by atoms with Gasteiger partial charge >= 0.3 is 0 Å². The molecule has 28 valence electrons. The molecule has 0 saturated carbocycles. The maximum absolute atomic E-state index is 3.59. The fourth-order valence-electron chi connectivity index (χ4n) is 0.372. The third-order valence-corrected chi connectivity index (χ3v) is 0.757. The lowest BCUT2D eigenvalue weighted by molar-refractivity contribution is 0.946. The molecule has 0 fully saturated rings. The largest absolute Gasteiger partial charge is 0.128 e. The summed E-state index contributed by atoms with van der Waals surface area (Å²) in [5, 5.41) is 10.5. The number of nitrogens with zero attached hydrogens (tertiary/aromatic N) is 3. The molecule has 0 aromatic heterocycles. The second-order valence-corrected chi connectivity index (χ2v) is 1.20. The lowest BCUT2D eigenvalue weighted by Crippen LogP contribution is -1.64. The summed E-state index contributed by atoms with van der Waals surface area (Å²) in [4.78, 5) is 0. The Kier molecular flexibility index (Phi) is 0.166. The second-order valence-electron chi connectivity index (χ2n) is 1.20. The van der Waals surface area contributed by atoms with Gasteiger partial charge in [-0.3, -0.25) is 0 Å². The first-order valence-corrected chi connectivity index (χ1v) is 1.67. The van der Waals surface area contributed by atoms with Gasteiger partial charge in [-0.15, -0.1) is 10.2 Å². The summed E-state index contributed by atoms with van der Waals surface area (Å²) in [6, 6.07) is 1.88. The topological polar surface area (TPSA) is 38.7 Å². The molecule has 0 aromatic rings. The predicted octanol–water partition coefficient (Wildman–Crippen LogP) is -0.148. The summed E-state index contributed by atoms with van der Waals surface area (Å²) < 4.78 is 0. The zero-order chi connectivity index (χ0) is 3.98. The van der Waals surface area contributed by atoms with Crippen molar-refractivity contribution in [1.29, 1.82) is 0 Å². The first kappa shape index (κ1) is 2.23. The molecule has 6 heavy (non-hydrogen) atoms. The summed E-state index contributed by atoms with van der Waals surface area (Å²) in [6.45, 7) is 0. The Labute approximate surface area is 34.0 Å². The number of aromatic nitrogens is 3. The molecule has 0 amide bonds. The van der Waals surface area contributed by atoms with E-state index in [1.807, 2.05) is 6.07 Å². The molecule has 0 spiro atoms. The molecule has 1 aliphatic carbocycles. The third kappa shape index (κ3) is 0.100. The van der Waals surface area contributed by atoms with Crippen LogP contribution < -0.4 is 0 Å². The average Bonchev–Trinajstić information content (AvgIpc) is 2.17. The van der Waals surface area contributed by atoms with Gasteiger partial charge in [-0.1, -0.05) is 0 Å². The van der Waals surface area contributed by atoms with Crippen LogP contribution in [0.4, 0.5) is 0 Å². The molecule has 0 aromatic carbocycles. The highest BCUT2D eigenvalue weighted by atomic mass is 15.3. The van der Waals surface area contributed by atoms with E-state index in [-0.39, 0.29) is 0 Å². The molecule has 2 aliphatic rings. The fourth-order valence-corrected chi connectivity index (χ4v) is 0.372. The van der Waals surface area contributed by atoms with Crippen LogP contribution in [0.1, 0.15) is 0 Å². The second kappa shape index (κ2) is 0.448. The van der Waals surface area contributed by atoms with Crippen molar-refractivity contribution in [3.05, 3.63) is 6.07 Å². The van der Waals surface area contributed by atoms with E-state index < -0.39 is 0 Å². The summed E-state index contributed by atoms with van der Waals surface area (Å²) in [5.74, 6) is 0. The quantitative estimate of drug-likeness (QED) is 0.441. The molecule has 0 N–H and O–H groups in total. The van der Waals surface area contributed by atoms with Crippen molar-refractivity contribution in [2.24, 2.45) is 0 Å². The molecular weight excluding hydrogens is 78.1 g/mol. The van der Waals surface area contributed by atoms with Crippen LogP contribution in [0.2, 0.25) is 0 Å². The predicted molar refractivity (Wildman–Crippen MR) is 18.8 cm³/mol. The van der Waals surface area contributed by atoms with Crippen LogP contribution in [-0.4, -0.2) is 15.4 Å². The van der Waals surface area contributed by atoms with Gasteiger partial charge in [-0.05, 0) is 11.3 Å². The summed E-state index contributed by atoms with van der Waals surface area (Å²) >= 11 is 0. The zero-order valence-corrected chi connectivity index (χ0v) is 2.92. The normalized spacial score (nSPS) is 11.3. The Hall–Kier alpha value is -0.990.